The molecule has 1 aliphatic rings. The van der Waals surface area contributed by atoms with E-state index in [1.165, 1.54) is 6.21 Å². The molecule has 1 N–H and O–H groups in total. The zero-order valence-electron chi connectivity index (χ0n) is 10.8. The van der Waals surface area contributed by atoms with E-state index in [2.05, 4.69) is 10.5 Å². The Morgan fingerprint density at radius 3 is 2.90 bits per heavy atom. The van der Waals surface area contributed by atoms with Crippen LogP contribution in [0.15, 0.2) is 23.3 Å². The molecule has 5 nitrogen and oxygen atoms in total. The first kappa shape index (κ1) is 15.3. The maximum Gasteiger partial charge on any atom is 0.254 e. The number of morpholine rings is 1. The lowest BCUT2D eigenvalue weighted by molar-refractivity contribution is -0.123. The molecule has 1 heterocycles. The Morgan fingerprint density at radius 2 is 2.15 bits per heavy atom. The summed E-state index contributed by atoms with van der Waals surface area (Å²) in [6.07, 6.45) is 1.48. The van der Waals surface area contributed by atoms with E-state index in [4.69, 9.17) is 27.9 Å². The van der Waals surface area contributed by atoms with Crippen LogP contribution in [-0.4, -0.2) is 49.9 Å². The number of benzene rings is 1. The molecule has 0 saturated carbocycles. The lowest BCUT2D eigenvalue weighted by atomic mass is 10.2. The number of hydrogen-bond acceptors (Lipinski definition) is 4. The van der Waals surface area contributed by atoms with Gasteiger partial charge in [0.15, 0.2) is 0 Å². The highest BCUT2D eigenvalue weighted by molar-refractivity contribution is 6.43. The van der Waals surface area contributed by atoms with Crippen LogP contribution in [0.25, 0.3) is 0 Å². The summed E-state index contributed by atoms with van der Waals surface area (Å²) in [6, 6.07) is 5.23. The van der Waals surface area contributed by atoms with Crippen molar-refractivity contribution in [3.05, 3.63) is 33.8 Å². The third-order valence-electron chi connectivity index (χ3n) is 2.85. The number of nitrogens with one attached hydrogen (secondary N) is 1. The van der Waals surface area contributed by atoms with E-state index in [1.54, 1.807) is 18.2 Å². The maximum absolute atomic E-state index is 11.7. The average molecular weight is 316 g/mol. The van der Waals surface area contributed by atoms with E-state index >= 15 is 0 Å². The molecule has 0 aliphatic carbocycles. The van der Waals surface area contributed by atoms with Crippen LogP contribution in [-0.2, 0) is 9.53 Å². The van der Waals surface area contributed by atoms with Gasteiger partial charge in [-0.05, 0) is 6.07 Å². The quantitative estimate of drug-likeness (QED) is 0.680. The number of nitrogens with zero attached hydrogens (tertiary/aromatic N) is 2. The molecule has 2 rings (SSSR count). The summed E-state index contributed by atoms with van der Waals surface area (Å²) in [6.45, 7) is 3.15. The molecule has 0 unspecified atom stereocenters. The second-order valence-electron chi connectivity index (χ2n) is 4.32. The highest BCUT2D eigenvalue weighted by Crippen LogP contribution is 2.23. The van der Waals surface area contributed by atoms with E-state index in [9.17, 15) is 4.79 Å². The summed E-state index contributed by atoms with van der Waals surface area (Å²) >= 11 is 11.9. The Hall–Kier alpha value is -1.14. The van der Waals surface area contributed by atoms with Crippen LogP contribution in [0.5, 0.6) is 0 Å². The van der Waals surface area contributed by atoms with Crippen molar-refractivity contribution >= 4 is 35.3 Å². The molecule has 0 bridgehead atoms. The fraction of sp³-hybridized carbons (Fsp3) is 0.385. The molecule has 20 heavy (non-hydrogen) atoms. The monoisotopic (exact) mass is 315 g/mol. The Balaban J connectivity index is 1.83. The van der Waals surface area contributed by atoms with Crippen LogP contribution in [0.1, 0.15) is 5.56 Å². The van der Waals surface area contributed by atoms with Gasteiger partial charge in [-0.2, -0.15) is 5.10 Å². The Kier molecular flexibility index (Phi) is 5.79. The predicted molar refractivity (Wildman–Crippen MR) is 79.5 cm³/mol. The zero-order valence-corrected chi connectivity index (χ0v) is 12.3. The Bertz CT molecular complexity index is 502. The molecule has 0 aromatic heterocycles. The third kappa shape index (κ3) is 4.45. The third-order valence-corrected chi connectivity index (χ3v) is 3.68. The van der Waals surface area contributed by atoms with Crippen LogP contribution >= 0.6 is 23.2 Å². The van der Waals surface area contributed by atoms with Gasteiger partial charge in [-0.15, -0.1) is 0 Å². The van der Waals surface area contributed by atoms with E-state index in [0.29, 0.717) is 35.4 Å². The number of hydrogen-bond donors (Lipinski definition) is 1. The predicted octanol–water partition coefficient (Wildman–Crippen LogP) is 1.78. The standard InChI is InChI=1S/C13H15Cl2N3O2/c14-11-3-1-2-10(13(11)15)8-16-17-12(19)9-18-4-6-20-7-5-18/h1-3,8H,4-7,9H2,(H,17,19)/b16-8-. The first-order valence-corrected chi connectivity index (χ1v) is 6.98. The Labute approximate surface area is 127 Å². The van der Waals surface area contributed by atoms with Gasteiger partial charge in [-0.1, -0.05) is 35.3 Å². The zero-order chi connectivity index (χ0) is 14.4. The summed E-state index contributed by atoms with van der Waals surface area (Å²) in [4.78, 5) is 13.7. The number of hydrazone groups is 1. The van der Waals surface area contributed by atoms with Crippen molar-refractivity contribution in [1.82, 2.24) is 10.3 Å². The summed E-state index contributed by atoms with van der Waals surface area (Å²) in [5.74, 6) is -0.165. The minimum atomic E-state index is -0.165. The molecular weight excluding hydrogens is 301 g/mol. The van der Waals surface area contributed by atoms with Crippen molar-refractivity contribution in [2.24, 2.45) is 5.10 Å². The summed E-state index contributed by atoms with van der Waals surface area (Å²) in [5.41, 5.74) is 3.13. The largest absolute Gasteiger partial charge is 0.379 e. The molecule has 1 aromatic carbocycles. The van der Waals surface area contributed by atoms with Crippen LogP contribution < -0.4 is 5.43 Å². The van der Waals surface area contributed by atoms with E-state index in [1.807, 2.05) is 4.90 Å². The molecule has 1 fully saturated rings. The van der Waals surface area contributed by atoms with Gasteiger partial charge in [0.25, 0.3) is 5.91 Å². The molecular formula is C13H15Cl2N3O2. The van der Waals surface area contributed by atoms with Gasteiger partial charge in [-0.3, -0.25) is 9.69 Å². The number of halogens is 2. The van der Waals surface area contributed by atoms with Crippen molar-refractivity contribution in [2.75, 3.05) is 32.8 Å². The normalized spacial score (nSPS) is 16.5. The highest BCUT2D eigenvalue weighted by atomic mass is 35.5. The lowest BCUT2D eigenvalue weighted by Crippen LogP contribution is -2.42. The van der Waals surface area contributed by atoms with Crippen LogP contribution in [0.4, 0.5) is 0 Å². The fourth-order valence-corrected chi connectivity index (χ4v) is 2.15. The van der Waals surface area contributed by atoms with Gasteiger partial charge in [0.05, 0.1) is 36.0 Å². The van der Waals surface area contributed by atoms with Crippen molar-refractivity contribution in [1.29, 1.82) is 0 Å². The molecule has 108 valence electrons. The first-order chi connectivity index (χ1) is 9.66. The highest BCUT2D eigenvalue weighted by Gasteiger charge is 2.13. The second kappa shape index (κ2) is 7.59. The molecule has 0 radical (unpaired) electrons. The van der Waals surface area contributed by atoms with E-state index in [0.717, 1.165) is 13.1 Å². The number of rotatable bonds is 4. The summed E-state index contributed by atoms with van der Waals surface area (Å²) in [7, 11) is 0. The number of carbonyl (C=O) groups is 1. The van der Waals surface area contributed by atoms with Gasteiger partial charge in [0, 0.05) is 18.7 Å². The van der Waals surface area contributed by atoms with E-state index in [-0.39, 0.29) is 5.91 Å². The second-order valence-corrected chi connectivity index (χ2v) is 5.11. The molecule has 1 saturated heterocycles. The van der Waals surface area contributed by atoms with Gasteiger partial charge in [0.2, 0.25) is 0 Å². The summed E-state index contributed by atoms with van der Waals surface area (Å²) < 4.78 is 5.21. The van der Waals surface area contributed by atoms with Gasteiger partial charge in [0.1, 0.15) is 0 Å². The molecule has 0 atom stereocenters. The molecule has 0 spiro atoms. The van der Waals surface area contributed by atoms with Gasteiger partial charge < -0.3 is 4.74 Å². The topological polar surface area (TPSA) is 53.9 Å². The minimum absolute atomic E-state index is 0.165. The molecule has 1 aliphatic heterocycles. The smallest absolute Gasteiger partial charge is 0.254 e. The number of ether oxygens (including phenoxy) is 1. The van der Waals surface area contributed by atoms with Gasteiger partial charge >= 0.3 is 0 Å². The number of carbonyl (C=O) groups excluding carboxylic acids is 1. The number of amides is 1. The molecule has 1 aromatic rings. The maximum atomic E-state index is 11.7. The van der Waals surface area contributed by atoms with Gasteiger partial charge in [-0.25, -0.2) is 5.43 Å². The molecule has 1 amide bonds. The van der Waals surface area contributed by atoms with Crippen LogP contribution in [0.2, 0.25) is 10.0 Å². The van der Waals surface area contributed by atoms with E-state index < -0.39 is 0 Å². The van der Waals surface area contributed by atoms with Crippen LogP contribution in [0, 0.1) is 0 Å². The van der Waals surface area contributed by atoms with Crippen LogP contribution in [0.3, 0.4) is 0 Å². The lowest BCUT2D eigenvalue weighted by Gasteiger charge is -2.25. The van der Waals surface area contributed by atoms with Crippen molar-refractivity contribution in [3.63, 3.8) is 0 Å². The fourth-order valence-electron chi connectivity index (χ4n) is 1.79. The average Bonchev–Trinajstić information content (AvgIpc) is 2.44. The SMILES string of the molecule is O=C(CN1CCOCC1)N/N=C\c1cccc(Cl)c1Cl. The minimum Gasteiger partial charge on any atom is -0.379 e. The van der Waals surface area contributed by atoms with Crippen molar-refractivity contribution < 1.29 is 9.53 Å². The van der Waals surface area contributed by atoms with Crippen molar-refractivity contribution in [2.45, 2.75) is 0 Å². The first-order valence-electron chi connectivity index (χ1n) is 6.23. The van der Waals surface area contributed by atoms with Crippen molar-refractivity contribution in [3.8, 4) is 0 Å². The summed E-state index contributed by atoms with van der Waals surface area (Å²) in [5, 5.41) is 4.75. The molecule has 7 heteroatoms. The Morgan fingerprint density at radius 1 is 1.40 bits per heavy atom.